The molecule has 0 saturated heterocycles. The minimum absolute atomic E-state index is 0.0278. The monoisotopic (exact) mass is 358 g/mol. The van der Waals surface area contributed by atoms with Gasteiger partial charge in [0.2, 0.25) is 0 Å². The predicted molar refractivity (Wildman–Crippen MR) is 91.3 cm³/mol. The molecule has 24 heavy (non-hydrogen) atoms. The first-order valence-electron chi connectivity index (χ1n) is 8.41. The van der Waals surface area contributed by atoms with Crippen LogP contribution >= 0.6 is 0 Å². The predicted octanol–water partition coefficient (Wildman–Crippen LogP) is -0.775. The fourth-order valence-corrected chi connectivity index (χ4v) is 1.29. The Labute approximate surface area is 145 Å². The minimum Gasteiger partial charge on any atom is -0.396 e. The zero-order valence-corrected chi connectivity index (χ0v) is 15.1. The maximum atomic E-state index is 8.66. The zero-order valence-electron chi connectivity index (χ0n) is 15.1. The van der Waals surface area contributed by atoms with Gasteiger partial charge in [0.25, 0.3) is 0 Å². The van der Waals surface area contributed by atoms with E-state index < -0.39 is 11.7 Å². The molecule has 0 atom stereocenters. The summed E-state index contributed by atoms with van der Waals surface area (Å²) < 4.78 is 4.63. The molecule has 0 aromatic carbocycles. The maximum absolute atomic E-state index is 8.66. The van der Waals surface area contributed by atoms with Crippen molar-refractivity contribution in [3.05, 3.63) is 0 Å². The number of hydrogen-bond donors (Lipinski definition) is 7. The summed E-state index contributed by atoms with van der Waals surface area (Å²) in [5.41, 5.74) is -0.667. The van der Waals surface area contributed by atoms with Crippen LogP contribution in [-0.4, -0.2) is 88.3 Å². The highest BCUT2D eigenvalue weighted by Crippen LogP contribution is 2.18. The Balaban J connectivity index is -0.000000278. The van der Waals surface area contributed by atoms with Crippen LogP contribution in [0.1, 0.15) is 46.0 Å². The normalized spacial score (nSPS) is 10.8. The molecule has 0 aliphatic carbocycles. The quantitative estimate of drug-likeness (QED) is 0.177. The molecule has 0 aromatic heterocycles. The fraction of sp³-hybridized carbons (Fsp3) is 1.00. The summed E-state index contributed by atoms with van der Waals surface area (Å²) in [6.07, 6.45) is 3.17. The molecule has 0 saturated carbocycles. The topological polar surface area (TPSA) is 151 Å². The van der Waals surface area contributed by atoms with Crippen LogP contribution in [0.15, 0.2) is 0 Å². The van der Waals surface area contributed by atoms with Crippen molar-refractivity contribution in [2.24, 2.45) is 5.41 Å². The third-order valence-electron chi connectivity index (χ3n) is 3.29. The molecule has 7 N–H and O–H groups in total. The van der Waals surface area contributed by atoms with Gasteiger partial charge in [-0.3, -0.25) is 0 Å². The van der Waals surface area contributed by atoms with Crippen molar-refractivity contribution in [2.75, 3.05) is 46.2 Å². The Hall–Kier alpha value is -0.320. The van der Waals surface area contributed by atoms with Gasteiger partial charge in [-0.2, -0.15) is 0 Å². The molecule has 8 heteroatoms. The van der Waals surface area contributed by atoms with Gasteiger partial charge in [0.1, 0.15) is 0 Å². The number of rotatable bonds is 12. The molecule has 0 amide bonds. The van der Waals surface area contributed by atoms with E-state index in [4.69, 9.17) is 35.7 Å². The summed E-state index contributed by atoms with van der Waals surface area (Å²) in [5, 5.41) is 58.8. The molecule has 8 nitrogen and oxygen atoms in total. The second-order valence-corrected chi connectivity index (χ2v) is 5.36. The Kier molecular flexibility index (Phi) is 26.9. The van der Waals surface area contributed by atoms with E-state index in [9.17, 15) is 0 Å². The van der Waals surface area contributed by atoms with Crippen molar-refractivity contribution in [3.8, 4) is 0 Å². The molecule has 0 spiro atoms. The van der Waals surface area contributed by atoms with E-state index in [0.717, 1.165) is 19.3 Å². The lowest BCUT2D eigenvalue weighted by atomic mass is 9.88. The fourth-order valence-electron chi connectivity index (χ4n) is 1.29. The van der Waals surface area contributed by atoms with E-state index in [1.807, 2.05) is 6.92 Å². The minimum atomic E-state index is -1.10. The van der Waals surface area contributed by atoms with Crippen molar-refractivity contribution in [1.82, 2.24) is 0 Å². The van der Waals surface area contributed by atoms with Crippen LogP contribution in [0.2, 0.25) is 0 Å². The maximum Gasteiger partial charge on any atom is 0.151 e. The van der Waals surface area contributed by atoms with E-state index in [1.165, 1.54) is 0 Å². The van der Waals surface area contributed by atoms with E-state index in [1.54, 1.807) is 0 Å². The van der Waals surface area contributed by atoms with Crippen LogP contribution in [0.25, 0.3) is 0 Å². The van der Waals surface area contributed by atoms with E-state index in [2.05, 4.69) is 11.7 Å². The lowest BCUT2D eigenvalue weighted by molar-refractivity contribution is -0.0465. The van der Waals surface area contributed by atoms with E-state index in [0.29, 0.717) is 26.1 Å². The van der Waals surface area contributed by atoms with Gasteiger partial charge in [-0.25, -0.2) is 0 Å². The van der Waals surface area contributed by atoms with Gasteiger partial charge in [0.15, 0.2) is 6.29 Å². The third-order valence-corrected chi connectivity index (χ3v) is 3.29. The Bertz CT molecular complexity index is 189. The lowest BCUT2D eigenvalue weighted by Gasteiger charge is -2.24. The van der Waals surface area contributed by atoms with Crippen LogP contribution < -0.4 is 0 Å². The Morgan fingerprint density at radius 3 is 1.46 bits per heavy atom. The summed E-state index contributed by atoms with van der Waals surface area (Å²) in [6, 6.07) is 0. The van der Waals surface area contributed by atoms with Gasteiger partial charge >= 0.3 is 0 Å². The molecule has 0 heterocycles. The smallest absolute Gasteiger partial charge is 0.151 e. The summed E-state index contributed by atoms with van der Waals surface area (Å²) in [6.45, 7) is 4.14. The lowest BCUT2D eigenvalue weighted by Crippen LogP contribution is -2.32. The van der Waals surface area contributed by atoms with Crippen LogP contribution in [0.5, 0.6) is 0 Å². The van der Waals surface area contributed by atoms with Crippen LogP contribution in [0.4, 0.5) is 0 Å². The average molecular weight is 358 g/mol. The first-order valence-corrected chi connectivity index (χ1v) is 8.41. The second kappa shape index (κ2) is 22.7. The molecule has 150 valence electrons. The Morgan fingerprint density at radius 1 is 0.792 bits per heavy atom. The standard InChI is InChI=1S/C6H14O3.C6H14O2.C4H10O3/c1-2-6(3-7,4-8)5-9;1-2-3-4-5-6(7)8;5-1-3-7-4-2-6/h7-9H,2-5H2,1H3;6-8H,2-5H2,1H3;5-6H,1-4H2. The van der Waals surface area contributed by atoms with Crippen molar-refractivity contribution in [3.63, 3.8) is 0 Å². The highest BCUT2D eigenvalue weighted by molar-refractivity contribution is 4.74. The summed E-state index contributed by atoms with van der Waals surface area (Å²) in [4.78, 5) is 0. The second-order valence-electron chi connectivity index (χ2n) is 5.36. The molecular formula is C16H38O8. The first-order chi connectivity index (χ1) is 11.4. The van der Waals surface area contributed by atoms with Gasteiger partial charge in [-0.05, 0) is 19.3 Å². The highest BCUT2D eigenvalue weighted by atomic mass is 16.5. The van der Waals surface area contributed by atoms with Crippen molar-refractivity contribution in [2.45, 2.75) is 52.2 Å². The van der Waals surface area contributed by atoms with Gasteiger partial charge in [0.05, 0.1) is 46.2 Å². The number of aliphatic hydroxyl groups is 7. The highest BCUT2D eigenvalue weighted by Gasteiger charge is 2.24. The van der Waals surface area contributed by atoms with Crippen LogP contribution in [0.3, 0.4) is 0 Å². The SMILES string of the molecule is CCC(CO)(CO)CO.CCCCCC(O)O.OCCOCCO. The molecule has 0 aliphatic heterocycles. The molecule has 0 radical (unpaired) electrons. The molecule has 0 aromatic rings. The third kappa shape index (κ3) is 21.7. The average Bonchev–Trinajstić information content (AvgIpc) is 2.59. The summed E-state index contributed by atoms with van der Waals surface area (Å²) in [5.74, 6) is 0. The summed E-state index contributed by atoms with van der Waals surface area (Å²) >= 11 is 0. The molecule has 0 bridgehead atoms. The van der Waals surface area contributed by atoms with Gasteiger partial charge in [-0.1, -0.05) is 26.7 Å². The van der Waals surface area contributed by atoms with Gasteiger partial charge in [0, 0.05) is 5.41 Å². The van der Waals surface area contributed by atoms with Crippen LogP contribution in [0, 0.1) is 5.41 Å². The molecule has 0 fully saturated rings. The molecular weight excluding hydrogens is 320 g/mol. The first kappa shape index (κ1) is 28.5. The number of aliphatic hydroxyl groups excluding tert-OH is 6. The van der Waals surface area contributed by atoms with E-state index >= 15 is 0 Å². The molecule has 0 aliphatic rings. The number of unbranched alkanes of at least 4 members (excludes halogenated alkanes) is 2. The Morgan fingerprint density at radius 2 is 1.25 bits per heavy atom. The van der Waals surface area contributed by atoms with Crippen LogP contribution in [-0.2, 0) is 4.74 Å². The van der Waals surface area contributed by atoms with Crippen molar-refractivity contribution in [1.29, 1.82) is 0 Å². The van der Waals surface area contributed by atoms with E-state index in [-0.39, 0.29) is 33.0 Å². The molecule has 0 unspecified atom stereocenters. The number of ether oxygens (including phenoxy) is 1. The van der Waals surface area contributed by atoms with Gasteiger partial charge < -0.3 is 40.5 Å². The molecule has 0 rings (SSSR count). The zero-order chi connectivity index (χ0) is 19.3. The van der Waals surface area contributed by atoms with Crippen molar-refractivity contribution >= 4 is 0 Å². The number of hydrogen-bond acceptors (Lipinski definition) is 8. The summed E-state index contributed by atoms with van der Waals surface area (Å²) in [7, 11) is 0. The van der Waals surface area contributed by atoms with Crippen molar-refractivity contribution < 1.29 is 40.5 Å². The largest absolute Gasteiger partial charge is 0.396 e. The van der Waals surface area contributed by atoms with Gasteiger partial charge in [-0.15, -0.1) is 0 Å².